The zero-order valence-electron chi connectivity index (χ0n) is 12.9. The molecule has 8 nitrogen and oxygen atoms in total. The van der Waals surface area contributed by atoms with Gasteiger partial charge in [0.1, 0.15) is 12.4 Å². The Bertz CT molecular complexity index is 691. The van der Waals surface area contributed by atoms with Gasteiger partial charge in [-0.25, -0.2) is 4.98 Å². The molecule has 23 heavy (non-hydrogen) atoms. The van der Waals surface area contributed by atoms with Gasteiger partial charge in [0.05, 0.1) is 5.69 Å². The lowest BCUT2D eigenvalue weighted by Crippen LogP contribution is -2.44. The summed E-state index contributed by atoms with van der Waals surface area (Å²) in [7, 11) is 1.85. The number of nitrogen functional groups attached to an aromatic ring is 1. The zero-order valence-corrected chi connectivity index (χ0v) is 13.7. The Kier molecular flexibility index (Phi) is 4.58. The summed E-state index contributed by atoms with van der Waals surface area (Å²) in [6, 6.07) is 0.183. The van der Waals surface area contributed by atoms with Crippen molar-refractivity contribution in [3.63, 3.8) is 0 Å². The quantitative estimate of drug-likeness (QED) is 0.700. The molecule has 9 heteroatoms. The first kappa shape index (κ1) is 15.9. The van der Waals surface area contributed by atoms with E-state index >= 15 is 0 Å². The lowest BCUT2D eigenvalue weighted by molar-refractivity contribution is -0.122. The third-order valence-corrected chi connectivity index (χ3v) is 4.91. The first-order valence-electron chi connectivity index (χ1n) is 7.55. The van der Waals surface area contributed by atoms with Crippen LogP contribution >= 0.6 is 11.3 Å². The molecule has 1 fully saturated rings. The fourth-order valence-corrected chi connectivity index (χ4v) is 3.39. The molecule has 0 unspecified atom stereocenters. The maximum Gasteiger partial charge on any atom is 0.220 e. The van der Waals surface area contributed by atoms with Crippen LogP contribution in [0, 0.1) is 0 Å². The van der Waals surface area contributed by atoms with Crippen LogP contribution in [0.25, 0.3) is 0 Å². The predicted octanol–water partition coefficient (Wildman–Crippen LogP) is 0.341. The Morgan fingerprint density at radius 2 is 2.30 bits per heavy atom. The molecule has 1 aliphatic carbocycles. The van der Waals surface area contributed by atoms with Gasteiger partial charge in [0.2, 0.25) is 5.91 Å². The van der Waals surface area contributed by atoms with Crippen molar-refractivity contribution in [3.05, 3.63) is 22.7 Å². The van der Waals surface area contributed by atoms with E-state index in [1.54, 1.807) is 0 Å². The summed E-state index contributed by atoms with van der Waals surface area (Å²) in [4.78, 5) is 16.1. The number of rotatable bonds is 6. The third-order valence-electron chi connectivity index (χ3n) is 4.19. The van der Waals surface area contributed by atoms with Crippen molar-refractivity contribution in [1.29, 1.82) is 0 Å². The fourth-order valence-electron chi connectivity index (χ4n) is 2.79. The molecule has 4 N–H and O–H groups in total. The molecule has 0 spiro atoms. The van der Waals surface area contributed by atoms with Crippen LogP contribution in [0.4, 0.5) is 5.13 Å². The summed E-state index contributed by atoms with van der Waals surface area (Å²) < 4.78 is 1.83. The number of nitrogens with one attached hydrogen (secondary N) is 1. The van der Waals surface area contributed by atoms with E-state index < -0.39 is 0 Å². The maximum absolute atomic E-state index is 12.0. The molecular weight excluding hydrogens is 316 g/mol. The minimum atomic E-state index is -0.114. The molecule has 2 aromatic heterocycles. The van der Waals surface area contributed by atoms with E-state index in [4.69, 9.17) is 10.8 Å². The zero-order chi connectivity index (χ0) is 16.4. The van der Waals surface area contributed by atoms with Crippen molar-refractivity contribution in [1.82, 2.24) is 25.1 Å². The first-order valence-corrected chi connectivity index (χ1v) is 8.43. The van der Waals surface area contributed by atoms with Crippen LogP contribution in [-0.4, -0.2) is 36.8 Å². The number of aromatic nitrogens is 4. The van der Waals surface area contributed by atoms with Gasteiger partial charge in [-0.3, -0.25) is 4.79 Å². The first-order chi connectivity index (χ1) is 11.1. The van der Waals surface area contributed by atoms with Crippen molar-refractivity contribution in [2.45, 2.75) is 44.2 Å². The Balaban J connectivity index is 1.42. The van der Waals surface area contributed by atoms with Gasteiger partial charge in [-0.05, 0) is 19.3 Å². The highest BCUT2D eigenvalue weighted by Gasteiger charge is 2.34. The standard InChI is InChI=1S/C14H20N6O2S/c1-20-11(6-21)18-19-13(20)8-4-10(5-8)16-12(22)3-2-9-7-23-14(15)17-9/h7-8,10,21H,2-6H2,1H3,(H2,15,17)(H,16,22). The Morgan fingerprint density at radius 3 is 2.91 bits per heavy atom. The van der Waals surface area contributed by atoms with Gasteiger partial charge in [0.15, 0.2) is 11.0 Å². The molecule has 0 aromatic carbocycles. The molecule has 0 bridgehead atoms. The Morgan fingerprint density at radius 1 is 1.52 bits per heavy atom. The lowest BCUT2D eigenvalue weighted by atomic mass is 9.79. The van der Waals surface area contributed by atoms with Crippen molar-refractivity contribution >= 4 is 22.4 Å². The molecular formula is C14H20N6O2S. The number of aliphatic hydroxyl groups is 1. The van der Waals surface area contributed by atoms with Crippen LogP contribution in [0.3, 0.4) is 0 Å². The van der Waals surface area contributed by atoms with Crippen LogP contribution in [0.1, 0.15) is 42.5 Å². The van der Waals surface area contributed by atoms with Crippen LogP contribution < -0.4 is 11.1 Å². The molecule has 2 aromatic rings. The number of anilines is 1. The largest absolute Gasteiger partial charge is 0.388 e. The van der Waals surface area contributed by atoms with Crippen LogP contribution in [-0.2, 0) is 24.9 Å². The number of amides is 1. The molecule has 2 heterocycles. The molecule has 0 radical (unpaired) electrons. The second-order valence-electron chi connectivity index (χ2n) is 5.80. The highest BCUT2D eigenvalue weighted by Crippen LogP contribution is 2.35. The van der Waals surface area contributed by atoms with Crippen molar-refractivity contribution in [2.75, 3.05) is 5.73 Å². The van der Waals surface area contributed by atoms with Gasteiger partial charge in [-0.1, -0.05) is 0 Å². The highest BCUT2D eigenvalue weighted by molar-refractivity contribution is 7.13. The van der Waals surface area contributed by atoms with Crippen molar-refractivity contribution in [3.8, 4) is 0 Å². The minimum absolute atomic E-state index is 0.0361. The molecule has 0 saturated heterocycles. The SMILES string of the molecule is Cn1c(CO)nnc1C1CC(NC(=O)CCc2csc(N)n2)C1. The van der Waals surface area contributed by atoms with E-state index in [1.165, 1.54) is 11.3 Å². The number of aliphatic hydroxyl groups excluding tert-OH is 1. The second kappa shape index (κ2) is 6.63. The average molecular weight is 336 g/mol. The van der Waals surface area contributed by atoms with Gasteiger partial charge in [-0.2, -0.15) is 0 Å². The van der Waals surface area contributed by atoms with Crippen LogP contribution in [0.15, 0.2) is 5.38 Å². The Labute approximate surface area is 137 Å². The smallest absolute Gasteiger partial charge is 0.220 e. The van der Waals surface area contributed by atoms with Gasteiger partial charge in [0, 0.05) is 30.8 Å². The van der Waals surface area contributed by atoms with Crippen molar-refractivity contribution < 1.29 is 9.90 Å². The number of nitrogens with two attached hydrogens (primary N) is 1. The minimum Gasteiger partial charge on any atom is -0.388 e. The highest BCUT2D eigenvalue weighted by atomic mass is 32.1. The average Bonchev–Trinajstić information content (AvgIpc) is 3.06. The topological polar surface area (TPSA) is 119 Å². The summed E-state index contributed by atoms with van der Waals surface area (Å²) in [5.41, 5.74) is 6.43. The van der Waals surface area contributed by atoms with Crippen LogP contribution in [0.2, 0.25) is 0 Å². The normalized spacial score (nSPS) is 20.3. The van der Waals surface area contributed by atoms with Gasteiger partial charge in [0.25, 0.3) is 0 Å². The van der Waals surface area contributed by atoms with E-state index in [0.717, 1.165) is 24.4 Å². The summed E-state index contributed by atoms with van der Waals surface area (Å²) >= 11 is 1.39. The molecule has 3 rings (SSSR count). The number of carbonyl (C=O) groups is 1. The van der Waals surface area contributed by atoms with Gasteiger partial charge < -0.3 is 20.7 Å². The lowest BCUT2D eigenvalue weighted by Gasteiger charge is -2.35. The molecule has 1 aliphatic rings. The number of hydrogen-bond acceptors (Lipinski definition) is 7. The number of hydrogen-bond donors (Lipinski definition) is 3. The van der Waals surface area contributed by atoms with E-state index in [9.17, 15) is 4.79 Å². The fraction of sp³-hybridized carbons (Fsp3) is 0.571. The van der Waals surface area contributed by atoms with E-state index in [0.29, 0.717) is 23.8 Å². The predicted molar refractivity (Wildman–Crippen MR) is 85.7 cm³/mol. The number of carbonyl (C=O) groups excluding carboxylic acids is 1. The molecule has 0 aliphatic heterocycles. The van der Waals surface area contributed by atoms with Crippen LogP contribution in [0.5, 0.6) is 0 Å². The molecule has 1 saturated carbocycles. The number of thiazole rings is 1. The number of nitrogens with zero attached hydrogens (tertiary/aromatic N) is 4. The molecule has 1 amide bonds. The molecule has 124 valence electrons. The third kappa shape index (κ3) is 3.50. The van der Waals surface area contributed by atoms with Gasteiger partial charge >= 0.3 is 0 Å². The van der Waals surface area contributed by atoms with E-state index in [2.05, 4.69) is 20.5 Å². The second-order valence-corrected chi connectivity index (χ2v) is 6.69. The van der Waals surface area contributed by atoms with Gasteiger partial charge in [-0.15, -0.1) is 21.5 Å². The maximum atomic E-state index is 12.0. The summed E-state index contributed by atoms with van der Waals surface area (Å²) in [5.74, 6) is 1.76. The van der Waals surface area contributed by atoms with E-state index in [1.807, 2.05) is 17.0 Å². The van der Waals surface area contributed by atoms with Crippen molar-refractivity contribution in [2.24, 2.45) is 7.05 Å². The Hall–Kier alpha value is -2.00. The van der Waals surface area contributed by atoms with E-state index in [-0.39, 0.29) is 24.5 Å². The molecule has 0 atom stereocenters. The number of aryl methyl sites for hydroxylation is 1. The summed E-state index contributed by atoms with van der Waals surface area (Å²) in [6.45, 7) is -0.114. The summed E-state index contributed by atoms with van der Waals surface area (Å²) in [6.07, 6.45) is 2.74. The summed E-state index contributed by atoms with van der Waals surface area (Å²) in [5, 5.41) is 22.7. The monoisotopic (exact) mass is 336 g/mol.